The number of sulfonamides is 1. The Bertz CT molecular complexity index is 1490. The molecule has 5 N–H and O–H groups in total. The van der Waals surface area contributed by atoms with Gasteiger partial charge in [0, 0.05) is 38.8 Å². The third kappa shape index (κ3) is 8.04. The summed E-state index contributed by atoms with van der Waals surface area (Å²) in [6.07, 6.45) is 2.66. The minimum atomic E-state index is -4.22. The third-order valence-corrected chi connectivity index (χ3v) is 9.87. The molecule has 0 radical (unpaired) electrons. The summed E-state index contributed by atoms with van der Waals surface area (Å²) in [7, 11) is -4.22. The Hall–Kier alpha value is -3.75. The van der Waals surface area contributed by atoms with E-state index in [9.17, 15) is 22.8 Å². The van der Waals surface area contributed by atoms with Gasteiger partial charge in [0.15, 0.2) is 5.96 Å². The number of amides is 3. The number of carbonyl (C=O) groups is 3. The van der Waals surface area contributed by atoms with Crippen molar-refractivity contribution in [2.75, 3.05) is 52.5 Å². The number of hydrogen-bond donors (Lipinski definition) is 4. The SMILES string of the molecule is N=C(N)N1CCC[C@@H](CNC(=O)C[C@H](NS(=O)(=O)c2ccc3ccccc3c2)C(=O)N(CC(=O)N2CCOCC2)C2CC2)C1. The number of carbonyl (C=O) groups excluding carboxylic acids is 3. The van der Waals surface area contributed by atoms with E-state index in [1.807, 2.05) is 18.2 Å². The summed E-state index contributed by atoms with van der Waals surface area (Å²) in [4.78, 5) is 45.1. The van der Waals surface area contributed by atoms with E-state index >= 15 is 0 Å². The second-order valence-corrected chi connectivity index (χ2v) is 13.4. The fraction of sp³-hybridized carbons (Fsp3) is 0.533. The molecule has 1 aliphatic carbocycles. The van der Waals surface area contributed by atoms with Crippen LogP contribution >= 0.6 is 0 Å². The summed E-state index contributed by atoms with van der Waals surface area (Å²) < 4.78 is 35.1. The van der Waals surface area contributed by atoms with E-state index in [4.69, 9.17) is 15.9 Å². The predicted molar refractivity (Wildman–Crippen MR) is 164 cm³/mol. The molecule has 1 saturated carbocycles. The largest absolute Gasteiger partial charge is 0.378 e. The van der Waals surface area contributed by atoms with Crippen LogP contribution in [0.3, 0.4) is 0 Å². The zero-order valence-corrected chi connectivity index (χ0v) is 25.6. The van der Waals surface area contributed by atoms with Crippen molar-refractivity contribution in [1.29, 1.82) is 5.41 Å². The molecule has 2 aliphatic heterocycles. The second kappa shape index (κ2) is 13.9. The lowest BCUT2D eigenvalue weighted by molar-refractivity contribution is -0.144. The van der Waals surface area contributed by atoms with Crippen molar-refractivity contribution < 1.29 is 27.5 Å². The van der Waals surface area contributed by atoms with Crippen molar-refractivity contribution in [2.45, 2.75) is 49.1 Å². The third-order valence-electron chi connectivity index (χ3n) is 8.40. The van der Waals surface area contributed by atoms with Crippen molar-refractivity contribution >= 4 is 44.5 Å². The molecule has 0 bridgehead atoms. The van der Waals surface area contributed by atoms with E-state index < -0.39 is 34.3 Å². The van der Waals surface area contributed by atoms with Crippen LogP contribution in [0.5, 0.6) is 0 Å². The maximum Gasteiger partial charge on any atom is 0.242 e. The quantitative estimate of drug-likeness (QED) is 0.205. The van der Waals surface area contributed by atoms with Crippen LogP contribution in [0.25, 0.3) is 10.8 Å². The molecule has 13 nitrogen and oxygen atoms in total. The first-order valence-electron chi connectivity index (χ1n) is 15.1. The van der Waals surface area contributed by atoms with Gasteiger partial charge in [-0.05, 0) is 54.5 Å². The van der Waals surface area contributed by atoms with Crippen molar-refractivity contribution in [3.8, 4) is 0 Å². The normalized spacial score (nSPS) is 19.8. The average Bonchev–Trinajstić information content (AvgIpc) is 3.87. The number of hydrogen-bond acceptors (Lipinski definition) is 7. The van der Waals surface area contributed by atoms with E-state index in [1.54, 1.807) is 21.9 Å². The molecule has 14 heteroatoms. The highest BCUT2D eigenvalue weighted by Gasteiger charge is 2.40. The zero-order valence-electron chi connectivity index (χ0n) is 24.7. The maximum absolute atomic E-state index is 14.0. The van der Waals surface area contributed by atoms with Gasteiger partial charge in [-0.3, -0.25) is 19.8 Å². The maximum atomic E-state index is 14.0. The zero-order chi connectivity index (χ0) is 31.3. The van der Waals surface area contributed by atoms with Crippen LogP contribution < -0.4 is 15.8 Å². The standard InChI is InChI=1S/C30H41N7O6S/c31-30(32)36-11-3-4-21(19-36)18-33-27(38)17-26(34-44(41,42)25-10-7-22-5-1-2-6-23(22)16-25)29(40)37(24-8-9-24)20-28(39)35-12-14-43-15-13-35/h1-2,5-7,10,16,21,24,26,34H,3-4,8-9,11-15,17-20H2,(H3,31,32)(H,33,38)/t21-,26-/m0/s1. The fourth-order valence-electron chi connectivity index (χ4n) is 5.77. The number of morpholine rings is 1. The minimum absolute atomic E-state index is 0.0124. The molecule has 238 valence electrons. The Labute approximate surface area is 257 Å². The molecular formula is C30H41N7O6S. The first kappa shape index (κ1) is 31.7. The molecule has 3 aliphatic rings. The first-order chi connectivity index (χ1) is 21.1. The summed E-state index contributed by atoms with van der Waals surface area (Å²) in [5.74, 6) is -1.27. The molecule has 3 amide bonds. The van der Waals surface area contributed by atoms with Crippen molar-refractivity contribution in [2.24, 2.45) is 11.7 Å². The van der Waals surface area contributed by atoms with Crippen LogP contribution in [0.4, 0.5) is 0 Å². The molecular weight excluding hydrogens is 586 g/mol. The van der Waals surface area contributed by atoms with E-state index in [-0.39, 0.29) is 35.3 Å². The summed E-state index contributed by atoms with van der Waals surface area (Å²) in [5.41, 5.74) is 5.64. The molecule has 2 aromatic rings. The van der Waals surface area contributed by atoms with E-state index in [1.165, 1.54) is 17.0 Å². The van der Waals surface area contributed by atoms with Crippen molar-refractivity contribution in [1.82, 2.24) is 24.7 Å². The number of fused-ring (bicyclic) bond motifs is 1. The summed E-state index contributed by atoms with van der Waals surface area (Å²) in [6, 6.07) is 10.4. The number of rotatable bonds is 11. The monoisotopic (exact) mass is 627 g/mol. The van der Waals surface area contributed by atoms with Crippen molar-refractivity contribution in [3.63, 3.8) is 0 Å². The molecule has 2 saturated heterocycles. The Morgan fingerprint density at radius 3 is 2.45 bits per heavy atom. The summed E-state index contributed by atoms with van der Waals surface area (Å²) in [5, 5.41) is 12.1. The lowest BCUT2D eigenvalue weighted by Crippen LogP contribution is -2.54. The molecule has 5 rings (SSSR count). The predicted octanol–water partition coefficient (Wildman–Crippen LogP) is 0.448. The topological polar surface area (TPSA) is 178 Å². The van der Waals surface area contributed by atoms with E-state index in [2.05, 4.69) is 10.0 Å². The van der Waals surface area contributed by atoms with Crippen LogP contribution in [0, 0.1) is 11.3 Å². The lowest BCUT2D eigenvalue weighted by atomic mass is 9.98. The van der Waals surface area contributed by atoms with Crippen molar-refractivity contribution in [3.05, 3.63) is 42.5 Å². The number of guanidine groups is 1. The first-order valence-corrected chi connectivity index (χ1v) is 16.6. The Morgan fingerprint density at radius 2 is 1.75 bits per heavy atom. The number of piperidine rings is 1. The van der Waals surface area contributed by atoms with Gasteiger partial charge in [0.1, 0.15) is 12.6 Å². The van der Waals surface area contributed by atoms with Crippen LogP contribution in [0.15, 0.2) is 47.4 Å². The Balaban J connectivity index is 1.33. The van der Waals surface area contributed by atoms with Gasteiger partial charge < -0.3 is 30.5 Å². The van der Waals surface area contributed by atoms with E-state index in [0.29, 0.717) is 58.8 Å². The van der Waals surface area contributed by atoms with Gasteiger partial charge in [0.25, 0.3) is 0 Å². The molecule has 2 atom stereocenters. The summed E-state index contributed by atoms with van der Waals surface area (Å²) in [6.45, 7) is 3.03. The second-order valence-electron chi connectivity index (χ2n) is 11.7. The molecule has 44 heavy (non-hydrogen) atoms. The Morgan fingerprint density at radius 1 is 1.02 bits per heavy atom. The molecule has 2 aromatic carbocycles. The van der Waals surface area contributed by atoms with Gasteiger partial charge in [0.2, 0.25) is 27.7 Å². The fourth-order valence-corrected chi connectivity index (χ4v) is 6.99. The van der Waals surface area contributed by atoms with Gasteiger partial charge in [0.05, 0.1) is 24.5 Å². The molecule has 0 spiro atoms. The molecule has 0 unspecified atom stereocenters. The molecule has 0 aromatic heterocycles. The van der Waals surface area contributed by atoms with E-state index in [0.717, 1.165) is 23.6 Å². The van der Waals surface area contributed by atoms with Gasteiger partial charge in [-0.25, -0.2) is 8.42 Å². The van der Waals surface area contributed by atoms with Gasteiger partial charge in [-0.1, -0.05) is 30.3 Å². The number of nitrogens with one attached hydrogen (secondary N) is 3. The van der Waals surface area contributed by atoms with Gasteiger partial charge in [-0.15, -0.1) is 0 Å². The average molecular weight is 628 g/mol. The van der Waals surface area contributed by atoms with Crippen LogP contribution in [-0.2, 0) is 29.1 Å². The number of benzene rings is 2. The lowest BCUT2D eigenvalue weighted by Gasteiger charge is -2.33. The number of ether oxygens (including phenoxy) is 1. The minimum Gasteiger partial charge on any atom is -0.378 e. The highest BCUT2D eigenvalue weighted by Crippen LogP contribution is 2.28. The van der Waals surface area contributed by atoms with Crippen LogP contribution in [0.1, 0.15) is 32.1 Å². The Kier molecular flexibility index (Phi) is 10.0. The number of likely N-dealkylation sites (tertiary alicyclic amines) is 1. The molecule has 2 heterocycles. The van der Waals surface area contributed by atoms with Crippen LogP contribution in [-0.4, -0.2) is 111 Å². The number of nitrogens with zero attached hydrogens (tertiary/aromatic N) is 3. The van der Waals surface area contributed by atoms with Gasteiger partial charge in [-0.2, -0.15) is 4.72 Å². The van der Waals surface area contributed by atoms with Gasteiger partial charge >= 0.3 is 0 Å². The number of nitrogens with two attached hydrogens (primary N) is 1. The smallest absolute Gasteiger partial charge is 0.242 e. The van der Waals surface area contributed by atoms with Crippen LogP contribution in [0.2, 0.25) is 0 Å². The molecule has 3 fully saturated rings. The summed E-state index contributed by atoms with van der Waals surface area (Å²) >= 11 is 0. The highest BCUT2D eigenvalue weighted by atomic mass is 32.2. The highest BCUT2D eigenvalue weighted by molar-refractivity contribution is 7.89.